The lowest BCUT2D eigenvalue weighted by Crippen LogP contribution is -2.29. The number of hydrogen-bond acceptors (Lipinski definition) is 7. The zero-order valence-corrected chi connectivity index (χ0v) is 19.5. The first kappa shape index (κ1) is 22.3. The number of anilines is 3. The van der Waals surface area contributed by atoms with Crippen molar-refractivity contribution in [2.45, 2.75) is 13.0 Å². The molecule has 1 fully saturated rings. The quantitative estimate of drug-likeness (QED) is 0.580. The van der Waals surface area contributed by atoms with Crippen LogP contribution in [-0.2, 0) is 6.54 Å². The Morgan fingerprint density at radius 3 is 2.94 bits per heavy atom. The van der Waals surface area contributed by atoms with Crippen LogP contribution in [-0.4, -0.2) is 50.1 Å². The summed E-state index contributed by atoms with van der Waals surface area (Å²) in [7, 11) is 1.55. The highest BCUT2D eigenvalue weighted by molar-refractivity contribution is 7.14. The summed E-state index contributed by atoms with van der Waals surface area (Å²) < 4.78 is 19.3. The first-order valence-electron chi connectivity index (χ1n) is 11.0. The first-order chi connectivity index (χ1) is 16.5. The minimum absolute atomic E-state index is 0.175. The van der Waals surface area contributed by atoms with E-state index in [0.29, 0.717) is 28.7 Å². The molecule has 1 saturated heterocycles. The van der Waals surface area contributed by atoms with Gasteiger partial charge in [0.1, 0.15) is 17.3 Å². The van der Waals surface area contributed by atoms with Gasteiger partial charge in [-0.2, -0.15) is 0 Å². The summed E-state index contributed by atoms with van der Waals surface area (Å²) >= 11 is 1.22. The predicted octanol–water partition coefficient (Wildman–Crippen LogP) is 3.50. The van der Waals surface area contributed by atoms with Crippen LogP contribution in [0, 0.1) is 5.82 Å². The number of carbonyl (C=O) groups excluding carboxylic acids is 2. The fourth-order valence-corrected chi connectivity index (χ4v) is 5.01. The third kappa shape index (κ3) is 4.34. The number of carbonyl (C=O) groups is 2. The summed E-state index contributed by atoms with van der Waals surface area (Å²) in [5.74, 6) is -0.452. The van der Waals surface area contributed by atoms with Crippen molar-refractivity contribution in [1.82, 2.24) is 10.3 Å². The van der Waals surface area contributed by atoms with E-state index in [-0.39, 0.29) is 11.6 Å². The van der Waals surface area contributed by atoms with Gasteiger partial charge in [0.25, 0.3) is 11.8 Å². The number of methoxy groups -OCH3 is 1. The number of rotatable bonds is 5. The fraction of sp³-hybridized carbons (Fsp3) is 0.292. The molecule has 0 unspecified atom stereocenters. The average Bonchev–Trinajstić information content (AvgIpc) is 3.35. The van der Waals surface area contributed by atoms with Gasteiger partial charge in [-0.05, 0) is 48.9 Å². The van der Waals surface area contributed by atoms with Crippen LogP contribution < -0.4 is 25.2 Å². The molecular formula is C24H24FN5O3S. The molecule has 0 bridgehead atoms. The molecule has 10 heteroatoms. The number of fused-ring (bicyclic) bond motifs is 1. The van der Waals surface area contributed by atoms with Crippen molar-refractivity contribution in [3.63, 3.8) is 0 Å². The number of nitrogens with zero attached hydrogens (tertiary/aromatic N) is 3. The molecule has 1 aromatic heterocycles. The SMILES string of the molecule is COc1ccc2c(c1)C(=O)N(c1nc(C(=O)Nc3cc(F)ccc3N3CCCNCC3)cs1)C2. The zero-order valence-electron chi connectivity index (χ0n) is 18.6. The van der Waals surface area contributed by atoms with Crippen molar-refractivity contribution in [2.75, 3.05) is 48.4 Å². The topological polar surface area (TPSA) is 86.8 Å². The van der Waals surface area contributed by atoms with E-state index in [2.05, 4.69) is 20.5 Å². The Kier molecular flexibility index (Phi) is 6.16. The van der Waals surface area contributed by atoms with E-state index in [1.54, 1.807) is 29.5 Å². The highest BCUT2D eigenvalue weighted by Gasteiger charge is 2.31. The van der Waals surface area contributed by atoms with Crippen LogP contribution in [0.3, 0.4) is 0 Å². The lowest BCUT2D eigenvalue weighted by molar-refractivity contribution is 0.0991. The van der Waals surface area contributed by atoms with Gasteiger partial charge in [-0.25, -0.2) is 9.37 Å². The second-order valence-electron chi connectivity index (χ2n) is 8.14. The first-order valence-corrected chi connectivity index (χ1v) is 11.9. The van der Waals surface area contributed by atoms with Crippen LogP contribution >= 0.6 is 11.3 Å². The molecule has 3 aromatic rings. The van der Waals surface area contributed by atoms with Gasteiger partial charge in [-0.15, -0.1) is 11.3 Å². The largest absolute Gasteiger partial charge is 0.497 e. The van der Waals surface area contributed by atoms with Crippen LogP contribution in [0.4, 0.5) is 20.9 Å². The van der Waals surface area contributed by atoms with Gasteiger partial charge in [-0.1, -0.05) is 6.07 Å². The highest BCUT2D eigenvalue weighted by atomic mass is 32.1. The van der Waals surface area contributed by atoms with Crippen LogP contribution in [0.25, 0.3) is 0 Å². The Morgan fingerprint density at radius 1 is 1.21 bits per heavy atom. The van der Waals surface area contributed by atoms with E-state index in [1.807, 2.05) is 12.1 Å². The van der Waals surface area contributed by atoms with Crippen LogP contribution in [0.5, 0.6) is 5.75 Å². The van der Waals surface area contributed by atoms with Gasteiger partial charge in [0.2, 0.25) is 0 Å². The molecule has 2 aliphatic rings. The van der Waals surface area contributed by atoms with Crippen molar-refractivity contribution < 1.29 is 18.7 Å². The van der Waals surface area contributed by atoms with Crippen molar-refractivity contribution in [2.24, 2.45) is 0 Å². The lowest BCUT2D eigenvalue weighted by atomic mass is 10.1. The molecule has 34 heavy (non-hydrogen) atoms. The molecule has 176 valence electrons. The summed E-state index contributed by atoms with van der Waals surface area (Å²) in [5.41, 5.74) is 2.79. The number of nitrogens with one attached hydrogen (secondary N) is 2. The van der Waals surface area contributed by atoms with E-state index in [4.69, 9.17) is 4.74 Å². The zero-order chi connectivity index (χ0) is 23.7. The lowest BCUT2D eigenvalue weighted by Gasteiger charge is -2.25. The van der Waals surface area contributed by atoms with E-state index in [9.17, 15) is 14.0 Å². The Morgan fingerprint density at radius 2 is 2.09 bits per heavy atom. The highest BCUT2D eigenvalue weighted by Crippen LogP contribution is 2.33. The minimum atomic E-state index is -0.451. The molecule has 0 spiro atoms. The average molecular weight is 482 g/mol. The smallest absolute Gasteiger partial charge is 0.275 e. The van der Waals surface area contributed by atoms with Crippen molar-refractivity contribution >= 4 is 39.7 Å². The van der Waals surface area contributed by atoms with Crippen molar-refractivity contribution in [3.8, 4) is 5.75 Å². The summed E-state index contributed by atoms with van der Waals surface area (Å²) in [6.45, 7) is 3.69. The number of halogens is 1. The molecule has 2 aliphatic heterocycles. The van der Waals surface area contributed by atoms with Gasteiger partial charge < -0.3 is 20.3 Å². The molecule has 5 rings (SSSR count). The number of amides is 2. The van der Waals surface area contributed by atoms with Gasteiger partial charge in [0.15, 0.2) is 5.13 Å². The van der Waals surface area contributed by atoms with E-state index >= 15 is 0 Å². The maximum Gasteiger partial charge on any atom is 0.275 e. The van der Waals surface area contributed by atoms with Gasteiger partial charge in [0, 0.05) is 30.6 Å². The summed E-state index contributed by atoms with van der Waals surface area (Å²) in [4.78, 5) is 34.0. The maximum absolute atomic E-state index is 14.0. The molecule has 2 aromatic carbocycles. The number of benzene rings is 2. The predicted molar refractivity (Wildman–Crippen MR) is 130 cm³/mol. The van der Waals surface area contributed by atoms with Crippen molar-refractivity contribution in [3.05, 3.63) is 64.4 Å². The number of hydrogen-bond donors (Lipinski definition) is 2. The van der Waals surface area contributed by atoms with Gasteiger partial charge >= 0.3 is 0 Å². The van der Waals surface area contributed by atoms with E-state index < -0.39 is 11.7 Å². The standard InChI is InChI=1S/C24H24FN5O3S/c1-33-17-5-3-15-13-30(23(32)18(15)12-17)24-28-20(14-34-24)22(31)27-19-11-16(25)4-6-21(19)29-9-2-7-26-8-10-29/h3-6,11-12,14,26H,2,7-10,13H2,1H3,(H,27,31). The normalized spacial score (nSPS) is 15.8. The van der Waals surface area contributed by atoms with Crippen LogP contribution in [0.15, 0.2) is 41.8 Å². The van der Waals surface area contributed by atoms with E-state index in [1.165, 1.54) is 23.5 Å². The minimum Gasteiger partial charge on any atom is -0.497 e. The molecular weight excluding hydrogens is 457 g/mol. The Hall–Kier alpha value is -3.50. The second kappa shape index (κ2) is 9.40. The number of thiazole rings is 1. The maximum atomic E-state index is 14.0. The molecule has 0 atom stereocenters. The Labute approximate surface area is 200 Å². The summed E-state index contributed by atoms with van der Waals surface area (Å²) in [6.07, 6.45) is 0.957. The van der Waals surface area contributed by atoms with Crippen molar-refractivity contribution in [1.29, 1.82) is 0 Å². The molecule has 3 heterocycles. The van der Waals surface area contributed by atoms with Crippen LogP contribution in [0.2, 0.25) is 0 Å². The molecule has 8 nitrogen and oxygen atoms in total. The van der Waals surface area contributed by atoms with Gasteiger partial charge in [-0.3, -0.25) is 14.5 Å². The summed E-state index contributed by atoms with van der Waals surface area (Å²) in [6, 6.07) is 9.80. The van der Waals surface area contributed by atoms with Gasteiger partial charge in [0.05, 0.1) is 25.0 Å². The Bertz CT molecular complexity index is 1240. The summed E-state index contributed by atoms with van der Waals surface area (Å²) in [5, 5.41) is 8.20. The van der Waals surface area contributed by atoms with E-state index in [0.717, 1.165) is 43.9 Å². The number of ether oxygens (including phenoxy) is 1. The fourth-order valence-electron chi connectivity index (χ4n) is 4.21. The monoisotopic (exact) mass is 481 g/mol. The Balaban J connectivity index is 1.34. The van der Waals surface area contributed by atoms with Crippen LogP contribution in [0.1, 0.15) is 32.8 Å². The molecule has 0 saturated carbocycles. The third-order valence-electron chi connectivity index (χ3n) is 5.96. The second-order valence-corrected chi connectivity index (χ2v) is 8.97. The number of aromatic nitrogens is 1. The molecule has 0 aliphatic carbocycles. The molecule has 0 radical (unpaired) electrons. The third-order valence-corrected chi connectivity index (χ3v) is 6.83. The molecule has 2 N–H and O–H groups in total. The molecule has 2 amide bonds.